The summed E-state index contributed by atoms with van der Waals surface area (Å²) in [5.41, 5.74) is -0.300. The first kappa shape index (κ1) is 15.5. The number of likely N-dealkylation sites (N-methyl/N-ethyl adjacent to an activating group) is 1. The Bertz CT molecular complexity index is 422. The molecule has 1 aromatic carbocycles. The highest BCUT2D eigenvalue weighted by molar-refractivity contribution is 5.78. The lowest BCUT2D eigenvalue weighted by atomic mass is 9.98. The van der Waals surface area contributed by atoms with Crippen LogP contribution in [0.4, 0.5) is 0 Å². The number of ether oxygens (including phenoxy) is 1. The number of rotatable bonds is 8. The van der Waals surface area contributed by atoms with Gasteiger partial charge in [-0.25, -0.2) is 0 Å². The van der Waals surface area contributed by atoms with Crippen molar-refractivity contribution < 1.29 is 19.7 Å². The van der Waals surface area contributed by atoms with E-state index in [1.165, 1.54) is 0 Å². The Kier molecular flexibility index (Phi) is 5.79. The van der Waals surface area contributed by atoms with Gasteiger partial charge in [0.1, 0.15) is 11.3 Å². The zero-order valence-electron chi connectivity index (χ0n) is 11.3. The summed E-state index contributed by atoms with van der Waals surface area (Å²) in [6, 6.07) is 7.17. The van der Waals surface area contributed by atoms with Crippen LogP contribution in [-0.4, -0.2) is 34.9 Å². The highest BCUT2D eigenvalue weighted by Crippen LogP contribution is 2.19. The molecule has 106 valence electrons. The molecule has 0 amide bonds. The van der Waals surface area contributed by atoms with Crippen LogP contribution in [0.5, 0.6) is 5.75 Å². The summed E-state index contributed by atoms with van der Waals surface area (Å²) >= 11 is 0. The van der Waals surface area contributed by atoms with Crippen molar-refractivity contribution in [3.05, 3.63) is 29.8 Å². The van der Waals surface area contributed by atoms with E-state index in [1.54, 1.807) is 19.1 Å². The molecule has 0 fully saturated rings. The summed E-state index contributed by atoms with van der Waals surface area (Å²) in [7, 11) is 0. The Labute approximate surface area is 113 Å². The monoisotopic (exact) mass is 267 g/mol. The van der Waals surface area contributed by atoms with Gasteiger partial charge in [0.15, 0.2) is 0 Å². The van der Waals surface area contributed by atoms with Gasteiger partial charge in [0.25, 0.3) is 0 Å². The average Bonchev–Trinajstić information content (AvgIpc) is 2.39. The fraction of sp³-hybridized carbons (Fsp3) is 0.500. The summed E-state index contributed by atoms with van der Waals surface area (Å²) < 4.78 is 5.56. The molecule has 0 aliphatic rings. The van der Waals surface area contributed by atoms with Gasteiger partial charge in [0, 0.05) is 12.0 Å². The lowest BCUT2D eigenvalue weighted by Gasteiger charge is -2.25. The molecule has 0 saturated carbocycles. The maximum Gasteiger partial charge on any atom is 0.323 e. The van der Waals surface area contributed by atoms with E-state index in [9.17, 15) is 9.90 Å². The largest absolute Gasteiger partial charge is 0.493 e. The number of benzene rings is 1. The minimum atomic E-state index is -0.997. The van der Waals surface area contributed by atoms with E-state index >= 15 is 0 Å². The van der Waals surface area contributed by atoms with Crippen LogP contribution in [-0.2, 0) is 11.4 Å². The minimum Gasteiger partial charge on any atom is -0.493 e. The first-order valence-electron chi connectivity index (χ1n) is 6.33. The molecule has 1 aromatic rings. The number of hydrogen-bond donors (Lipinski definition) is 3. The Balaban J connectivity index is 2.59. The van der Waals surface area contributed by atoms with Crippen LogP contribution >= 0.6 is 0 Å². The van der Waals surface area contributed by atoms with E-state index in [0.717, 1.165) is 0 Å². The van der Waals surface area contributed by atoms with Crippen LogP contribution in [0.3, 0.4) is 0 Å². The first-order valence-corrected chi connectivity index (χ1v) is 6.33. The number of nitrogens with one attached hydrogen (secondary N) is 1. The van der Waals surface area contributed by atoms with Crippen LogP contribution in [0, 0.1) is 0 Å². The lowest BCUT2D eigenvalue weighted by molar-refractivity contribution is -0.144. The number of carboxylic acid groups (broad SMARTS) is 1. The van der Waals surface area contributed by atoms with Crippen LogP contribution in [0.25, 0.3) is 0 Å². The second kappa shape index (κ2) is 7.11. The molecule has 1 unspecified atom stereocenters. The molecule has 19 heavy (non-hydrogen) atoms. The predicted molar refractivity (Wildman–Crippen MR) is 72.2 cm³/mol. The molecule has 0 saturated heterocycles. The molecular weight excluding hydrogens is 246 g/mol. The standard InChI is InChI=1S/C14H21NO4/c1-3-15-14(2,13(17)18)8-9-19-12-7-5-4-6-11(12)10-16/h4-7,15-16H,3,8-10H2,1-2H3,(H,17,18). The van der Waals surface area contributed by atoms with Crippen molar-refractivity contribution in [3.63, 3.8) is 0 Å². The van der Waals surface area contributed by atoms with Gasteiger partial charge < -0.3 is 20.3 Å². The zero-order valence-corrected chi connectivity index (χ0v) is 11.3. The fourth-order valence-corrected chi connectivity index (χ4v) is 1.80. The maximum absolute atomic E-state index is 11.2. The Morgan fingerprint density at radius 3 is 2.68 bits per heavy atom. The highest BCUT2D eigenvalue weighted by atomic mass is 16.5. The molecule has 5 nitrogen and oxygen atoms in total. The van der Waals surface area contributed by atoms with Crippen LogP contribution in [0.1, 0.15) is 25.8 Å². The maximum atomic E-state index is 11.2. The second-order valence-electron chi connectivity index (χ2n) is 4.53. The van der Waals surface area contributed by atoms with E-state index in [4.69, 9.17) is 9.84 Å². The molecule has 0 aromatic heterocycles. The number of carboxylic acids is 1. The number of hydrogen-bond acceptors (Lipinski definition) is 4. The molecular formula is C14H21NO4. The van der Waals surface area contributed by atoms with Gasteiger partial charge in [0.2, 0.25) is 0 Å². The van der Waals surface area contributed by atoms with Gasteiger partial charge in [-0.05, 0) is 19.5 Å². The smallest absolute Gasteiger partial charge is 0.323 e. The van der Waals surface area contributed by atoms with Crippen molar-refractivity contribution in [2.45, 2.75) is 32.4 Å². The van der Waals surface area contributed by atoms with Crippen molar-refractivity contribution in [1.29, 1.82) is 0 Å². The highest BCUT2D eigenvalue weighted by Gasteiger charge is 2.31. The van der Waals surface area contributed by atoms with E-state index in [0.29, 0.717) is 24.3 Å². The second-order valence-corrected chi connectivity index (χ2v) is 4.53. The third kappa shape index (κ3) is 4.22. The molecule has 0 heterocycles. The van der Waals surface area contributed by atoms with E-state index in [1.807, 2.05) is 19.1 Å². The average molecular weight is 267 g/mol. The SMILES string of the molecule is CCNC(C)(CCOc1ccccc1CO)C(=O)O. The number of aliphatic hydroxyl groups excluding tert-OH is 1. The van der Waals surface area contributed by atoms with E-state index < -0.39 is 11.5 Å². The molecule has 1 atom stereocenters. The first-order chi connectivity index (χ1) is 9.03. The Morgan fingerprint density at radius 2 is 2.11 bits per heavy atom. The fourth-order valence-electron chi connectivity index (χ4n) is 1.80. The third-order valence-corrected chi connectivity index (χ3v) is 3.04. The Morgan fingerprint density at radius 1 is 1.42 bits per heavy atom. The lowest BCUT2D eigenvalue weighted by Crippen LogP contribution is -2.50. The summed E-state index contributed by atoms with van der Waals surface area (Å²) in [6.45, 7) is 4.26. The van der Waals surface area contributed by atoms with Crippen molar-refractivity contribution >= 4 is 5.97 Å². The molecule has 0 aliphatic carbocycles. The number of para-hydroxylation sites is 1. The van der Waals surface area contributed by atoms with Crippen molar-refractivity contribution in [1.82, 2.24) is 5.32 Å². The van der Waals surface area contributed by atoms with Gasteiger partial charge in [-0.3, -0.25) is 4.79 Å². The van der Waals surface area contributed by atoms with Crippen LogP contribution in [0.15, 0.2) is 24.3 Å². The van der Waals surface area contributed by atoms with Gasteiger partial charge >= 0.3 is 5.97 Å². The summed E-state index contributed by atoms with van der Waals surface area (Å²) in [4.78, 5) is 11.2. The van der Waals surface area contributed by atoms with E-state index in [2.05, 4.69) is 5.32 Å². The Hall–Kier alpha value is -1.59. The number of aliphatic carboxylic acids is 1. The molecule has 3 N–H and O–H groups in total. The summed E-state index contributed by atoms with van der Waals surface area (Å²) in [6.07, 6.45) is 0.343. The predicted octanol–water partition coefficient (Wildman–Crippen LogP) is 1.40. The molecule has 5 heteroatoms. The quantitative estimate of drug-likeness (QED) is 0.663. The van der Waals surface area contributed by atoms with Crippen molar-refractivity contribution in [3.8, 4) is 5.75 Å². The van der Waals surface area contributed by atoms with Crippen molar-refractivity contribution in [2.24, 2.45) is 0 Å². The van der Waals surface area contributed by atoms with Crippen LogP contribution in [0.2, 0.25) is 0 Å². The number of aliphatic hydroxyl groups is 1. The molecule has 0 aliphatic heterocycles. The zero-order chi connectivity index (χ0) is 14.3. The third-order valence-electron chi connectivity index (χ3n) is 3.04. The van der Waals surface area contributed by atoms with Gasteiger partial charge in [-0.15, -0.1) is 0 Å². The molecule has 0 radical (unpaired) electrons. The van der Waals surface area contributed by atoms with Crippen LogP contribution < -0.4 is 10.1 Å². The number of carbonyl (C=O) groups is 1. The molecule has 0 bridgehead atoms. The molecule has 0 spiro atoms. The summed E-state index contributed by atoms with van der Waals surface area (Å²) in [5.74, 6) is -0.303. The topological polar surface area (TPSA) is 78.8 Å². The summed E-state index contributed by atoms with van der Waals surface area (Å²) in [5, 5.41) is 21.3. The van der Waals surface area contributed by atoms with Gasteiger partial charge in [0.05, 0.1) is 13.2 Å². The minimum absolute atomic E-state index is 0.0976. The van der Waals surface area contributed by atoms with Gasteiger partial charge in [-0.1, -0.05) is 25.1 Å². The van der Waals surface area contributed by atoms with Crippen molar-refractivity contribution in [2.75, 3.05) is 13.2 Å². The normalized spacial score (nSPS) is 13.8. The molecule has 1 rings (SSSR count). The van der Waals surface area contributed by atoms with E-state index in [-0.39, 0.29) is 13.2 Å². The van der Waals surface area contributed by atoms with Gasteiger partial charge in [-0.2, -0.15) is 0 Å².